The lowest BCUT2D eigenvalue weighted by atomic mass is 10.0. The van der Waals surface area contributed by atoms with Gasteiger partial charge >= 0.3 is 6.09 Å². The van der Waals surface area contributed by atoms with Crippen LogP contribution in [0.3, 0.4) is 0 Å². The molecular formula is C32H41NO3. The third-order valence-electron chi connectivity index (χ3n) is 5.79. The lowest BCUT2D eigenvalue weighted by Gasteiger charge is -2.19. The van der Waals surface area contributed by atoms with Crippen molar-refractivity contribution in [2.75, 3.05) is 0 Å². The van der Waals surface area contributed by atoms with E-state index < -0.39 is 12.2 Å². The smallest absolute Gasteiger partial charge is 0.417 e. The molecule has 1 aromatic carbocycles. The van der Waals surface area contributed by atoms with Crippen molar-refractivity contribution in [2.45, 2.75) is 77.4 Å². The zero-order valence-corrected chi connectivity index (χ0v) is 21.8. The van der Waals surface area contributed by atoms with Crippen LogP contribution in [0.4, 0.5) is 4.79 Å². The number of allylic oxidation sites excluding steroid dienone is 12. The molecule has 36 heavy (non-hydrogen) atoms. The van der Waals surface area contributed by atoms with Crippen LogP contribution in [0.15, 0.2) is 103 Å². The molecule has 0 aromatic heterocycles. The van der Waals surface area contributed by atoms with Crippen LogP contribution < -0.4 is 0 Å². The SMILES string of the molecule is CCC=CCC=CCC=CCC=CCC=CCC=CCCC(=O)N1C(=O)OC(c2ccccc2)[C@H]1C. The largest absolute Gasteiger partial charge is 0.439 e. The molecule has 1 unspecified atom stereocenters. The summed E-state index contributed by atoms with van der Waals surface area (Å²) in [7, 11) is 0. The van der Waals surface area contributed by atoms with Gasteiger partial charge in [0.1, 0.15) is 6.10 Å². The average molecular weight is 488 g/mol. The summed E-state index contributed by atoms with van der Waals surface area (Å²) in [5.74, 6) is -0.189. The average Bonchev–Trinajstić information content (AvgIpc) is 3.19. The zero-order chi connectivity index (χ0) is 25.8. The van der Waals surface area contributed by atoms with Gasteiger partial charge in [0.2, 0.25) is 5.91 Å². The zero-order valence-electron chi connectivity index (χ0n) is 21.8. The van der Waals surface area contributed by atoms with Crippen LogP contribution in [-0.4, -0.2) is 22.9 Å². The van der Waals surface area contributed by atoms with Gasteiger partial charge in [-0.1, -0.05) is 110 Å². The van der Waals surface area contributed by atoms with Gasteiger partial charge in [0.25, 0.3) is 0 Å². The number of benzene rings is 1. The van der Waals surface area contributed by atoms with Crippen LogP contribution >= 0.6 is 0 Å². The molecule has 4 heteroatoms. The Morgan fingerprint density at radius 1 is 0.778 bits per heavy atom. The standard InChI is InChI=1S/C32H41NO3/c1-3-4-5-6-7-8-9-10-11-12-13-14-15-16-17-18-19-20-24-27-30(34)33-28(2)31(36-32(33)35)29-25-22-21-23-26-29/h4-5,7-8,10-11,13-14,16-17,19-23,25-26,28,31H,3,6,9,12,15,18,24,27H2,1-2H3/t28-,31?/m1/s1. The lowest BCUT2D eigenvalue weighted by molar-refractivity contribution is -0.129. The topological polar surface area (TPSA) is 46.6 Å². The summed E-state index contributed by atoms with van der Waals surface area (Å²) in [4.78, 5) is 26.1. The second-order valence-corrected chi connectivity index (χ2v) is 8.67. The molecule has 1 aliphatic heterocycles. The Morgan fingerprint density at radius 2 is 1.25 bits per heavy atom. The summed E-state index contributed by atoms with van der Waals surface area (Å²) in [5, 5.41) is 0. The van der Waals surface area contributed by atoms with Crippen LogP contribution in [0.2, 0.25) is 0 Å². The van der Waals surface area contributed by atoms with Crippen molar-refractivity contribution >= 4 is 12.0 Å². The third kappa shape index (κ3) is 10.9. The van der Waals surface area contributed by atoms with Gasteiger partial charge in [-0.3, -0.25) is 4.79 Å². The molecule has 1 heterocycles. The Kier molecular flexibility index (Phi) is 14.4. The molecule has 1 saturated heterocycles. The molecule has 0 bridgehead atoms. The van der Waals surface area contributed by atoms with Crippen LogP contribution in [0.25, 0.3) is 0 Å². The molecule has 0 aliphatic carbocycles. The lowest BCUT2D eigenvalue weighted by Crippen LogP contribution is -2.37. The van der Waals surface area contributed by atoms with Crippen LogP contribution in [0, 0.1) is 0 Å². The summed E-state index contributed by atoms with van der Waals surface area (Å²) >= 11 is 0. The normalized spacial score (nSPS) is 18.8. The molecule has 0 spiro atoms. The van der Waals surface area contributed by atoms with E-state index in [1.807, 2.05) is 43.3 Å². The fourth-order valence-electron chi connectivity index (χ4n) is 3.85. The van der Waals surface area contributed by atoms with Gasteiger partial charge < -0.3 is 4.74 Å². The van der Waals surface area contributed by atoms with Gasteiger partial charge in [-0.15, -0.1) is 0 Å². The number of rotatable bonds is 15. The highest BCUT2D eigenvalue weighted by Crippen LogP contribution is 2.32. The second kappa shape index (κ2) is 18.0. The monoisotopic (exact) mass is 487 g/mol. The van der Waals surface area contributed by atoms with Gasteiger partial charge in [0.05, 0.1) is 6.04 Å². The van der Waals surface area contributed by atoms with Gasteiger partial charge in [-0.25, -0.2) is 9.69 Å². The Balaban J connectivity index is 1.55. The fraction of sp³-hybridized carbons (Fsp3) is 0.375. The number of imide groups is 1. The van der Waals surface area contributed by atoms with E-state index in [-0.39, 0.29) is 11.9 Å². The van der Waals surface area contributed by atoms with E-state index in [2.05, 4.69) is 73.8 Å². The maximum absolute atomic E-state index is 12.6. The van der Waals surface area contributed by atoms with Crippen molar-refractivity contribution in [3.8, 4) is 0 Å². The van der Waals surface area contributed by atoms with Crippen molar-refractivity contribution < 1.29 is 14.3 Å². The maximum atomic E-state index is 12.6. The molecule has 4 nitrogen and oxygen atoms in total. The molecule has 2 rings (SSSR count). The summed E-state index contributed by atoms with van der Waals surface area (Å²) < 4.78 is 5.46. The minimum absolute atomic E-state index is 0.189. The molecular weight excluding hydrogens is 446 g/mol. The van der Waals surface area contributed by atoms with E-state index in [9.17, 15) is 9.59 Å². The van der Waals surface area contributed by atoms with Crippen LogP contribution in [0.1, 0.15) is 76.9 Å². The predicted octanol–water partition coefficient (Wildman–Crippen LogP) is 8.57. The summed E-state index contributed by atoms with van der Waals surface area (Å²) in [5.41, 5.74) is 0.908. The number of hydrogen-bond donors (Lipinski definition) is 0. The first-order valence-corrected chi connectivity index (χ1v) is 13.1. The van der Waals surface area contributed by atoms with Gasteiger partial charge in [0, 0.05) is 6.42 Å². The number of carbonyl (C=O) groups excluding carboxylic acids is 2. The quantitative estimate of drug-likeness (QED) is 0.233. The van der Waals surface area contributed by atoms with E-state index in [4.69, 9.17) is 4.74 Å². The number of hydrogen-bond acceptors (Lipinski definition) is 3. The first-order chi connectivity index (χ1) is 17.6. The molecule has 1 aromatic rings. The number of nitrogens with zero attached hydrogens (tertiary/aromatic N) is 1. The van der Waals surface area contributed by atoms with Crippen LogP contribution in [0.5, 0.6) is 0 Å². The summed E-state index contributed by atoms with van der Waals surface area (Å²) in [6, 6.07) is 9.25. The minimum atomic E-state index is -0.552. The predicted molar refractivity (Wildman–Crippen MR) is 149 cm³/mol. The van der Waals surface area contributed by atoms with Crippen molar-refractivity contribution in [1.29, 1.82) is 0 Å². The number of ether oxygens (including phenoxy) is 1. The fourth-order valence-corrected chi connectivity index (χ4v) is 3.85. The van der Waals surface area contributed by atoms with Gasteiger partial charge in [-0.05, 0) is 57.4 Å². The first-order valence-electron chi connectivity index (χ1n) is 13.1. The molecule has 2 atom stereocenters. The van der Waals surface area contributed by atoms with Gasteiger partial charge in [0.15, 0.2) is 0 Å². The Hall–Kier alpha value is -3.40. The van der Waals surface area contributed by atoms with E-state index >= 15 is 0 Å². The highest BCUT2D eigenvalue weighted by atomic mass is 16.6. The summed E-state index contributed by atoms with van der Waals surface area (Å²) in [6.07, 6.45) is 31.6. The number of amides is 2. The molecule has 0 radical (unpaired) electrons. The van der Waals surface area contributed by atoms with E-state index in [1.165, 1.54) is 4.90 Å². The Bertz CT molecular complexity index is 953. The third-order valence-corrected chi connectivity index (χ3v) is 5.79. The van der Waals surface area contributed by atoms with E-state index in [1.54, 1.807) is 0 Å². The maximum Gasteiger partial charge on any atom is 0.417 e. The molecule has 192 valence electrons. The highest BCUT2D eigenvalue weighted by Gasteiger charge is 2.42. The molecule has 0 N–H and O–H groups in total. The number of carbonyl (C=O) groups is 2. The molecule has 1 fully saturated rings. The first kappa shape index (κ1) is 28.8. The van der Waals surface area contributed by atoms with E-state index in [0.29, 0.717) is 12.8 Å². The molecule has 0 saturated carbocycles. The van der Waals surface area contributed by atoms with Crippen molar-refractivity contribution in [1.82, 2.24) is 4.90 Å². The highest BCUT2D eigenvalue weighted by molar-refractivity contribution is 5.93. The molecule has 1 aliphatic rings. The Labute approximate surface area is 217 Å². The van der Waals surface area contributed by atoms with Crippen molar-refractivity contribution in [3.63, 3.8) is 0 Å². The minimum Gasteiger partial charge on any atom is -0.439 e. The van der Waals surface area contributed by atoms with Crippen LogP contribution in [-0.2, 0) is 9.53 Å². The Morgan fingerprint density at radius 3 is 1.75 bits per heavy atom. The van der Waals surface area contributed by atoms with Crippen molar-refractivity contribution in [3.05, 3.63) is 109 Å². The second-order valence-electron chi connectivity index (χ2n) is 8.67. The van der Waals surface area contributed by atoms with E-state index in [0.717, 1.165) is 44.1 Å². The molecule has 2 amide bonds. The van der Waals surface area contributed by atoms with Crippen molar-refractivity contribution in [2.24, 2.45) is 0 Å². The summed E-state index contributed by atoms with van der Waals surface area (Å²) in [6.45, 7) is 4.01. The number of cyclic esters (lactones) is 1. The van der Waals surface area contributed by atoms with Gasteiger partial charge in [-0.2, -0.15) is 0 Å².